The minimum absolute atomic E-state index is 0.102. The lowest BCUT2D eigenvalue weighted by Crippen LogP contribution is -2.22. The molecule has 2 nitrogen and oxygen atoms in total. The average Bonchev–Trinajstić information content (AvgIpc) is 2.17. The minimum Gasteiger partial charge on any atom is -0.390 e. The number of rotatable bonds is 0. The molecule has 2 heteroatoms. The Balaban J connectivity index is 2.53. The van der Waals surface area contributed by atoms with Crippen LogP contribution in [0.4, 0.5) is 0 Å². The van der Waals surface area contributed by atoms with Crippen LogP contribution in [0.3, 0.4) is 0 Å². The first kappa shape index (κ1) is 5.69. The molecule has 1 heterocycles. The van der Waals surface area contributed by atoms with Crippen molar-refractivity contribution in [2.75, 3.05) is 0 Å². The maximum atomic E-state index is 9.38. The normalized spacial score (nSPS) is 53.4. The van der Waals surface area contributed by atoms with Gasteiger partial charge < -0.3 is 9.84 Å². The van der Waals surface area contributed by atoms with Crippen LogP contribution in [0.15, 0.2) is 0 Å². The maximum absolute atomic E-state index is 9.38. The van der Waals surface area contributed by atoms with Crippen molar-refractivity contribution in [2.24, 2.45) is 5.92 Å². The van der Waals surface area contributed by atoms with E-state index in [4.69, 9.17) is 6.11 Å². The van der Waals surface area contributed by atoms with Gasteiger partial charge in [-0.05, 0) is 13.8 Å². The average molecular weight is 131 g/mol. The van der Waals surface area contributed by atoms with Crippen molar-refractivity contribution in [1.82, 2.24) is 0 Å². The molecule has 1 aliphatic rings. The van der Waals surface area contributed by atoms with Crippen LogP contribution in [0.5, 0.6) is 0 Å². The molecule has 1 fully saturated rings. The zero-order chi connectivity index (χ0) is 7.72. The maximum Gasteiger partial charge on any atom is 0.0849 e. The number of aliphatic hydroxyl groups is 1. The van der Waals surface area contributed by atoms with Crippen LogP contribution in [0.2, 0.25) is 0 Å². The third-order valence-corrected chi connectivity index (χ3v) is 2.05. The van der Waals surface area contributed by atoms with E-state index in [2.05, 4.69) is 0 Å². The van der Waals surface area contributed by atoms with E-state index in [9.17, 15) is 5.11 Å². The third kappa shape index (κ3) is 1.10. The number of hydrogen-bond donors (Lipinski definition) is 1. The van der Waals surface area contributed by atoms with Crippen LogP contribution >= 0.6 is 0 Å². The summed E-state index contributed by atoms with van der Waals surface area (Å²) in [5.41, 5.74) is 0. The summed E-state index contributed by atoms with van der Waals surface area (Å²) in [6.07, 6.45) is -0.595. The fourth-order valence-corrected chi connectivity index (χ4v) is 1.10. The second kappa shape index (κ2) is 2.27. The summed E-state index contributed by atoms with van der Waals surface area (Å²) in [6, 6.07) is 0. The van der Waals surface area contributed by atoms with E-state index in [0.717, 1.165) is 0 Å². The first-order chi connectivity index (χ1) is 4.66. The number of hydrogen-bond acceptors (Lipinski definition) is 2. The Bertz CT molecular complexity index is 118. The van der Waals surface area contributed by atoms with Gasteiger partial charge in [0.05, 0.1) is 18.3 Å². The highest BCUT2D eigenvalue weighted by Crippen LogP contribution is 2.25. The molecule has 0 aromatic rings. The predicted octanol–water partition coefficient (Wildman–Crippen LogP) is 0.791. The minimum atomic E-state index is -0.438. The monoisotopic (exact) mass is 131 g/mol. The molecule has 1 aliphatic heterocycles. The molecule has 0 spiro atoms. The molecule has 0 radical (unpaired) electrons. The molecule has 0 aromatic heterocycles. The molecule has 4 atom stereocenters. The fourth-order valence-electron chi connectivity index (χ4n) is 1.10. The van der Waals surface area contributed by atoms with Gasteiger partial charge in [-0.2, -0.15) is 0 Å². The Labute approximate surface area is 57.2 Å². The highest BCUT2D eigenvalue weighted by Gasteiger charge is 2.34. The lowest BCUT2D eigenvalue weighted by Gasteiger charge is -2.09. The van der Waals surface area contributed by atoms with E-state index in [0.29, 0.717) is 0 Å². The van der Waals surface area contributed by atoms with Crippen LogP contribution < -0.4 is 0 Å². The molecule has 0 aromatic carbocycles. The van der Waals surface area contributed by atoms with Gasteiger partial charge in [0.1, 0.15) is 0 Å². The molecular formula is C7H14O2. The van der Waals surface area contributed by atoms with Gasteiger partial charge in [-0.15, -0.1) is 0 Å². The van der Waals surface area contributed by atoms with Gasteiger partial charge >= 0.3 is 0 Å². The Morgan fingerprint density at radius 2 is 2.11 bits per heavy atom. The van der Waals surface area contributed by atoms with E-state index in [1.54, 1.807) is 0 Å². The van der Waals surface area contributed by atoms with Crippen molar-refractivity contribution in [3.63, 3.8) is 0 Å². The summed E-state index contributed by atoms with van der Waals surface area (Å²) in [5, 5.41) is 9.38. The van der Waals surface area contributed by atoms with Crippen LogP contribution in [0.25, 0.3) is 0 Å². The molecule has 0 bridgehead atoms. The summed E-state index contributed by atoms with van der Waals surface area (Å²) < 4.78 is 12.3. The van der Waals surface area contributed by atoms with Gasteiger partial charge in [-0.25, -0.2) is 0 Å². The van der Waals surface area contributed by atoms with Crippen LogP contribution in [0, 0.1) is 5.92 Å². The Hall–Kier alpha value is -0.0800. The fraction of sp³-hybridized carbons (Fsp3) is 1.00. The van der Waals surface area contributed by atoms with E-state index in [1.165, 1.54) is 0 Å². The lowest BCUT2D eigenvalue weighted by atomic mass is 10.0. The lowest BCUT2D eigenvalue weighted by molar-refractivity contribution is 0.0287. The Morgan fingerprint density at radius 1 is 1.44 bits per heavy atom. The molecular weight excluding hydrogens is 116 g/mol. The van der Waals surface area contributed by atoms with E-state index < -0.39 is 6.10 Å². The van der Waals surface area contributed by atoms with Gasteiger partial charge in [-0.3, -0.25) is 0 Å². The van der Waals surface area contributed by atoms with Crippen molar-refractivity contribution >= 4 is 0 Å². The Morgan fingerprint density at radius 3 is 2.33 bits per heavy atom. The predicted molar refractivity (Wildman–Crippen MR) is 35.2 cm³/mol. The van der Waals surface area contributed by atoms with Crippen LogP contribution in [0.1, 0.15) is 22.1 Å². The largest absolute Gasteiger partial charge is 0.390 e. The van der Waals surface area contributed by atoms with E-state index in [-0.39, 0.29) is 25.0 Å². The van der Waals surface area contributed by atoms with Gasteiger partial charge in [0, 0.05) is 7.29 Å². The van der Waals surface area contributed by atoms with Gasteiger partial charge in [0.25, 0.3) is 0 Å². The number of ether oxygens (including phenoxy) is 1. The second-order valence-electron chi connectivity index (χ2n) is 2.73. The summed E-state index contributed by atoms with van der Waals surface area (Å²) in [7, 11) is 0. The van der Waals surface area contributed by atoms with Crippen LogP contribution in [-0.4, -0.2) is 23.4 Å². The molecule has 1 saturated heterocycles. The van der Waals surface area contributed by atoms with E-state index in [1.807, 2.05) is 13.8 Å². The first-order valence-corrected chi connectivity index (χ1v) is 3.29. The van der Waals surface area contributed by atoms with Crippen molar-refractivity contribution in [3.8, 4) is 0 Å². The zero-order valence-corrected chi connectivity index (χ0v) is 5.87. The molecule has 0 aliphatic carbocycles. The number of aliphatic hydroxyl groups excluding tert-OH is 1. The molecule has 0 amide bonds. The van der Waals surface area contributed by atoms with Crippen molar-refractivity contribution in [1.29, 1.82) is 0 Å². The highest BCUT2D eigenvalue weighted by molar-refractivity contribution is 4.82. The summed E-state index contributed by atoms with van der Waals surface area (Å²) in [5.74, 6) is 0.176. The summed E-state index contributed by atoms with van der Waals surface area (Å²) in [6.45, 7) is 4.05. The van der Waals surface area contributed by atoms with E-state index >= 15 is 0 Å². The Kier molecular flexibility index (Phi) is 1.44. The smallest absolute Gasteiger partial charge is 0.0849 e. The molecule has 9 heavy (non-hydrogen) atoms. The standard InChI is InChI=1S/C7H14O2/c1-4-5(2)9-6(3)7(4)8/h4-8H,1-3H3/i3D. The molecule has 0 saturated carbocycles. The quantitative estimate of drug-likeness (QED) is 0.526. The highest BCUT2D eigenvalue weighted by atomic mass is 16.5. The topological polar surface area (TPSA) is 29.5 Å². The zero-order valence-electron chi connectivity index (χ0n) is 6.87. The molecule has 54 valence electrons. The van der Waals surface area contributed by atoms with Crippen LogP contribution in [-0.2, 0) is 4.74 Å². The van der Waals surface area contributed by atoms with Gasteiger partial charge in [0.2, 0.25) is 0 Å². The first-order valence-electron chi connectivity index (χ1n) is 4.00. The molecule has 1 rings (SSSR count). The van der Waals surface area contributed by atoms with Crippen molar-refractivity contribution < 1.29 is 11.2 Å². The molecule has 1 N–H and O–H groups in total. The second-order valence-corrected chi connectivity index (χ2v) is 2.73. The van der Waals surface area contributed by atoms with Gasteiger partial charge in [0.15, 0.2) is 0 Å². The van der Waals surface area contributed by atoms with Crippen molar-refractivity contribution in [2.45, 2.75) is 39.1 Å². The molecule has 4 unspecified atom stereocenters. The third-order valence-electron chi connectivity index (χ3n) is 2.05. The SMILES string of the molecule is [2H]CC1OC(C)C(C)C1O. The summed E-state index contributed by atoms with van der Waals surface area (Å²) >= 11 is 0. The van der Waals surface area contributed by atoms with Crippen molar-refractivity contribution in [3.05, 3.63) is 0 Å². The summed E-state index contributed by atoms with van der Waals surface area (Å²) in [4.78, 5) is 0. The van der Waals surface area contributed by atoms with Gasteiger partial charge in [-0.1, -0.05) is 6.92 Å².